The van der Waals surface area contributed by atoms with Gasteiger partial charge in [-0.25, -0.2) is 0 Å². The fourth-order valence-electron chi connectivity index (χ4n) is 3.50. The van der Waals surface area contributed by atoms with Crippen LogP contribution < -0.4 is 19.3 Å². The number of quaternary nitrogens is 1. The van der Waals surface area contributed by atoms with Crippen molar-refractivity contribution in [1.29, 1.82) is 0 Å². The minimum absolute atomic E-state index is 0.597. The molecular formula is C20H25N6O2S+. The summed E-state index contributed by atoms with van der Waals surface area (Å²) in [5.41, 5.74) is 2.10. The summed E-state index contributed by atoms with van der Waals surface area (Å²) < 4.78 is 14.5. The van der Waals surface area contributed by atoms with Gasteiger partial charge in [-0.15, -0.1) is 0 Å². The number of hydrogen-bond acceptors (Lipinski definition) is 6. The highest BCUT2D eigenvalue weighted by Gasteiger charge is 2.21. The molecule has 0 radical (unpaired) electrons. The predicted octanol–water partition coefficient (Wildman–Crippen LogP) is 1.18. The highest BCUT2D eigenvalue weighted by atomic mass is 32.1. The first-order valence-corrected chi connectivity index (χ1v) is 9.98. The summed E-state index contributed by atoms with van der Waals surface area (Å²) in [5, 5.41) is 8.51. The molecule has 152 valence electrons. The van der Waals surface area contributed by atoms with Crippen LogP contribution >= 0.6 is 12.2 Å². The zero-order valence-electron chi connectivity index (χ0n) is 16.6. The summed E-state index contributed by atoms with van der Waals surface area (Å²) in [6.45, 7) is 4.72. The number of methoxy groups -OCH3 is 2. The van der Waals surface area contributed by atoms with Gasteiger partial charge >= 0.3 is 0 Å². The van der Waals surface area contributed by atoms with E-state index in [9.17, 15) is 0 Å². The number of hydrogen-bond donors (Lipinski definition) is 1. The van der Waals surface area contributed by atoms with Gasteiger partial charge in [-0.1, -0.05) is 0 Å². The van der Waals surface area contributed by atoms with E-state index in [0.29, 0.717) is 11.4 Å². The summed E-state index contributed by atoms with van der Waals surface area (Å²) in [4.78, 5) is 3.84. The molecule has 0 amide bonds. The number of nitrogens with one attached hydrogen (secondary N) is 1. The first-order valence-electron chi connectivity index (χ1n) is 9.58. The molecule has 2 aromatic carbocycles. The van der Waals surface area contributed by atoms with Gasteiger partial charge in [-0.05, 0) is 71.2 Å². The summed E-state index contributed by atoms with van der Waals surface area (Å²) in [5.74, 6) is 1.68. The average Bonchev–Trinajstić information content (AvgIpc) is 3.14. The van der Waals surface area contributed by atoms with Crippen molar-refractivity contribution in [2.24, 2.45) is 0 Å². The third-order valence-electron chi connectivity index (χ3n) is 5.24. The Morgan fingerprint density at radius 2 is 1.41 bits per heavy atom. The van der Waals surface area contributed by atoms with Crippen LogP contribution in [0.4, 0.5) is 5.69 Å². The van der Waals surface area contributed by atoms with Gasteiger partial charge in [0.15, 0.2) is 6.67 Å². The van der Waals surface area contributed by atoms with E-state index in [1.54, 1.807) is 23.6 Å². The number of rotatable bonds is 6. The molecule has 2 heterocycles. The Labute approximate surface area is 174 Å². The summed E-state index contributed by atoms with van der Waals surface area (Å²) in [6, 6.07) is 15.9. The zero-order chi connectivity index (χ0) is 20.2. The molecule has 8 nitrogen and oxygen atoms in total. The minimum Gasteiger partial charge on any atom is -0.497 e. The first-order chi connectivity index (χ1) is 14.2. The van der Waals surface area contributed by atoms with Crippen molar-refractivity contribution in [1.82, 2.24) is 19.8 Å². The maximum atomic E-state index is 5.59. The van der Waals surface area contributed by atoms with E-state index >= 15 is 0 Å². The molecule has 1 N–H and O–H groups in total. The van der Waals surface area contributed by atoms with Crippen LogP contribution in [0.25, 0.3) is 5.69 Å². The standard InChI is InChI=1S/C20H24N6O2S/c1-27-18-7-3-16(4-8-18)24-13-11-23(12-14-24)15-25-20(29)26(22-21-25)17-5-9-19(28-2)10-6-17/h3-10H,11-15H2,1-2H3/p+1. The first kappa shape index (κ1) is 19.4. The van der Waals surface area contributed by atoms with Gasteiger partial charge in [0, 0.05) is 5.69 Å². The van der Waals surface area contributed by atoms with E-state index in [1.807, 2.05) is 36.4 Å². The van der Waals surface area contributed by atoms with E-state index in [1.165, 1.54) is 10.6 Å². The molecule has 4 rings (SSSR count). The van der Waals surface area contributed by atoms with E-state index in [-0.39, 0.29) is 0 Å². The molecule has 0 bridgehead atoms. The van der Waals surface area contributed by atoms with Crippen molar-refractivity contribution >= 4 is 17.9 Å². The highest BCUT2D eigenvalue weighted by molar-refractivity contribution is 7.71. The maximum Gasteiger partial charge on any atom is 0.225 e. The van der Waals surface area contributed by atoms with Crippen molar-refractivity contribution in [3.8, 4) is 17.2 Å². The molecule has 1 aromatic heterocycles. The van der Waals surface area contributed by atoms with Gasteiger partial charge in [0.05, 0.1) is 46.1 Å². The van der Waals surface area contributed by atoms with Gasteiger partial charge in [0.25, 0.3) is 0 Å². The highest BCUT2D eigenvalue weighted by Crippen LogP contribution is 2.19. The minimum atomic E-state index is 0.597. The smallest absolute Gasteiger partial charge is 0.225 e. The number of tetrazole rings is 1. The van der Waals surface area contributed by atoms with Crippen LogP contribution in [0, 0.1) is 4.77 Å². The Morgan fingerprint density at radius 1 is 0.862 bits per heavy atom. The molecule has 0 unspecified atom stereocenters. The second-order valence-electron chi connectivity index (χ2n) is 6.96. The lowest BCUT2D eigenvalue weighted by Gasteiger charge is -2.33. The molecule has 29 heavy (non-hydrogen) atoms. The lowest BCUT2D eigenvalue weighted by Crippen LogP contribution is -3.14. The fraction of sp³-hybridized carbons (Fsp3) is 0.350. The van der Waals surface area contributed by atoms with Gasteiger partial charge < -0.3 is 19.3 Å². The quantitative estimate of drug-likeness (QED) is 0.613. The second kappa shape index (κ2) is 8.62. The Morgan fingerprint density at radius 3 is 1.97 bits per heavy atom. The average molecular weight is 414 g/mol. The molecule has 0 spiro atoms. The monoisotopic (exact) mass is 413 g/mol. The van der Waals surface area contributed by atoms with Crippen LogP contribution in [0.1, 0.15) is 0 Å². The van der Waals surface area contributed by atoms with Crippen molar-refractivity contribution in [3.63, 3.8) is 0 Å². The summed E-state index contributed by atoms with van der Waals surface area (Å²) in [6.07, 6.45) is 0. The van der Waals surface area contributed by atoms with E-state index in [4.69, 9.17) is 21.7 Å². The SMILES string of the molecule is COc1ccc(N2CC[NH+](Cn3nnn(-c4ccc(OC)cc4)c3=S)CC2)cc1. The Hall–Kier alpha value is -2.91. The molecule has 1 aliphatic rings. The molecule has 1 fully saturated rings. The van der Waals surface area contributed by atoms with Crippen molar-refractivity contribution < 1.29 is 14.4 Å². The lowest BCUT2D eigenvalue weighted by molar-refractivity contribution is -0.924. The molecular weight excluding hydrogens is 388 g/mol. The third kappa shape index (κ3) is 4.25. The van der Waals surface area contributed by atoms with Crippen LogP contribution in [-0.2, 0) is 6.67 Å². The largest absolute Gasteiger partial charge is 0.497 e. The molecule has 0 saturated carbocycles. The number of benzene rings is 2. The number of aromatic nitrogens is 4. The Balaban J connectivity index is 1.38. The van der Waals surface area contributed by atoms with Gasteiger partial charge in [-0.3, -0.25) is 0 Å². The second-order valence-corrected chi connectivity index (χ2v) is 7.33. The van der Waals surface area contributed by atoms with Gasteiger partial charge in [0.1, 0.15) is 11.5 Å². The van der Waals surface area contributed by atoms with Crippen LogP contribution in [0.15, 0.2) is 48.5 Å². The molecule has 0 atom stereocenters. The number of anilines is 1. The topological polar surface area (TPSA) is 61.8 Å². The van der Waals surface area contributed by atoms with E-state index in [2.05, 4.69) is 27.5 Å². The summed E-state index contributed by atoms with van der Waals surface area (Å²) >= 11 is 5.59. The van der Waals surface area contributed by atoms with E-state index < -0.39 is 0 Å². The number of piperazine rings is 1. The third-order valence-corrected chi connectivity index (χ3v) is 5.62. The van der Waals surface area contributed by atoms with Gasteiger partial charge in [-0.2, -0.15) is 9.36 Å². The maximum absolute atomic E-state index is 5.59. The van der Waals surface area contributed by atoms with Crippen molar-refractivity contribution in [3.05, 3.63) is 53.3 Å². The van der Waals surface area contributed by atoms with Crippen LogP contribution in [-0.4, -0.2) is 60.2 Å². The van der Waals surface area contributed by atoms with E-state index in [0.717, 1.165) is 43.4 Å². The van der Waals surface area contributed by atoms with Crippen LogP contribution in [0.3, 0.4) is 0 Å². The van der Waals surface area contributed by atoms with Crippen molar-refractivity contribution in [2.45, 2.75) is 6.67 Å². The predicted molar refractivity (Wildman–Crippen MR) is 113 cm³/mol. The Kier molecular flexibility index (Phi) is 5.77. The number of nitrogens with zero attached hydrogens (tertiary/aromatic N) is 5. The fourth-order valence-corrected chi connectivity index (χ4v) is 3.75. The lowest BCUT2D eigenvalue weighted by atomic mass is 10.2. The Bertz CT molecular complexity index is 991. The molecule has 3 aromatic rings. The van der Waals surface area contributed by atoms with Crippen LogP contribution in [0.2, 0.25) is 0 Å². The van der Waals surface area contributed by atoms with Crippen molar-refractivity contribution in [2.75, 3.05) is 45.3 Å². The molecule has 0 aliphatic carbocycles. The van der Waals surface area contributed by atoms with Gasteiger partial charge in [0.2, 0.25) is 4.77 Å². The number of ether oxygens (including phenoxy) is 2. The zero-order valence-corrected chi connectivity index (χ0v) is 17.4. The molecule has 9 heteroatoms. The van der Waals surface area contributed by atoms with Crippen LogP contribution in [0.5, 0.6) is 11.5 Å². The summed E-state index contributed by atoms with van der Waals surface area (Å²) in [7, 11) is 3.33. The normalized spacial score (nSPS) is 14.8. The molecule has 1 saturated heterocycles. The molecule has 1 aliphatic heterocycles.